The van der Waals surface area contributed by atoms with Crippen LogP contribution in [0.1, 0.15) is 29.8 Å². The van der Waals surface area contributed by atoms with E-state index in [0.29, 0.717) is 5.11 Å². The summed E-state index contributed by atoms with van der Waals surface area (Å²) < 4.78 is 8.68. The van der Waals surface area contributed by atoms with Crippen LogP contribution in [0, 0.1) is 13.8 Å². The van der Waals surface area contributed by atoms with E-state index in [1.807, 2.05) is 23.7 Å². The Hall–Kier alpha value is -1.44. The first-order valence-corrected chi connectivity index (χ1v) is 9.68. The molecule has 2 heterocycles. The number of hydrogen-bond donors (Lipinski definition) is 2. The van der Waals surface area contributed by atoms with E-state index in [4.69, 9.17) is 17.0 Å². The molecule has 3 rings (SSSR count). The third-order valence-corrected chi connectivity index (χ3v) is 5.72. The Morgan fingerprint density at radius 3 is 2.96 bits per heavy atom. The van der Waals surface area contributed by atoms with Crippen LogP contribution in [0.25, 0.3) is 0 Å². The van der Waals surface area contributed by atoms with Gasteiger partial charge >= 0.3 is 0 Å². The van der Waals surface area contributed by atoms with E-state index in [0.717, 1.165) is 54.1 Å². The van der Waals surface area contributed by atoms with E-state index in [1.165, 1.54) is 5.56 Å². The zero-order chi connectivity index (χ0) is 17.8. The van der Waals surface area contributed by atoms with Crippen LogP contribution in [-0.2, 0) is 11.3 Å². The van der Waals surface area contributed by atoms with E-state index in [2.05, 4.69) is 50.7 Å². The maximum Gasteiger partial charge on any atom is 0.170 e. The van der Waals surface area contributed by atoms with E-state index < -0.39 is 0 Å². The van der Waals surface area contributed by atoms with Crippen LogP contribution in [0.15, 0.2) is 28.7 Å². The van der Waals surface area contributed by atoms with Crippen molar-refractivity contribution in [1.82, 2.24) is 15.1 Å². The fourth-order valence-corrected chi connectivity index (χ4v) is 3.42. The zero-order valence-corrected chi connectivity index (χ0v) is 16.9. The molecule has 1 fully saturated rings. The van der Waals surface area contributed by atoms with Crippen molar-refractivity contribution in [3.05, 3.63) is 45.7 Å². The number of aromatic nitrogens is 2. The molecule has 1 aromatic carbocycles. The number of nitrogens with one attached hydrogen (secondary N) is 2. The Balaban J connectivity index is 1.58. The fourth-order valence-electron chi connectivity index (χ4n) is 2.94. The summed E-state index contributed by atoms with van der Waals surface area (Å²) in [6.45, 7) is 6.41. The monoisotopic (exact) mass is 422 g/mol. The highest BCUT2D eigenvalue weighted by Crippen LogP contribution is 2.21. The van der Waals surface area contributed by atoms with Crippen LogP contribution in [-0.4, -0.2) is 34.1 Å². The molecule has 2 N–H and O–H groups in total. The minimum absolute atomic E-state index is 0.274. The molecule has 0 bridgehead atoms. The van der Waals surface area contributed by atoms with Gasteiger partial charge in [0.05, 0.1) is 28.5 Å². The van der Waals surface area contributed by atoms with Gasteiger partial charge in [0.1, 0.15) is 0 Å². The Morgan fingerprint density at radius 1 is 1.44 bits per heavy atom. The van der Waals surface area contributed by atoms with Gasteiger partial charge in [-0.05, 0) is 72.5 Å². The summed E-state index contributed by atoms with van der Waals surface area (Å²) in [4.78, 5) is 0. The summed E-state index contributed by atoms with van der Waals surface area (Å²) in [6, 6.07) is 8.24. The van der Waals surface area contributed by atoms with E-state index in [9.17, 15) is 0 Å². The number of benzene rings is 1. The highest BCUT2D eigenvalue weighted by Gasteiger charge is 2.15. The highest BCUT2D eigenvalue weighted by molar-refractivity contribution is 9.10. The van der Waals surface area contributed by atoms with Crippen molar-refractivity contribution >= 4 is 38.9 Å². The number of hydrogen-bond acceptors (Lipinski definition) is 3. The molecular formula is C18H23BrN4OS. The Labute approximate surface area is 162 Å². The van der Waals surface area contributed by atoms with Gasteiger partial charge in [-0.3, -0.25) is 4.68 Å². The molecule has 1 aliphatic rings. The maximum atomic E-state index is 5.60. The lowest BCUT2D eigenvalue weighted by atomic mass is 10.2. The molecule has 1 aliphatic heterocycles. The minimum atomic E-state index is 0.274. The lowest BCUT2D eigenvalue weighted by Gasteiger charge is -2.14. The number of halogens is 1. The van der Waals surface area contributed by atoms with E-state index in [-0.39, 0.29) is 6.10 Å². The minimum Gasteiger partial charge on any atom is -0.376 e. The lowest BCUT2D eigenvalue weighted by Crippen LogP contribution is -2.34. The van der Waals surface area contributed by atoms with E-state index >= 15 is 0 Å². The summed E-state index contributed by atoms with van der Waals surface area (Å²) >= 11 is 8.96. The molecule has 0 amide bonds. The predicted molar refractivity (Wildman–Crippen MR) is 108 cm³/mol. The normalized spacial score (nSPS) is 16.8. The molecule has 0 radical (unpaired) electrons. The van der Waals surface area contributed by atoms with Crippen LogP contribution < -0.4 is 10.6 Å². The van der Waals surface area contributed by atoms with Gasteiger partial charge < -0.3 is 15.4 Å². The summed E-state index contributed by atoms with van der Waals surface area (Å²) in [6.07, 6.45) is 2.51. The average molecular weight is 423 g/mol. The predicted octanol–water partition coefficient (Wildman–Crippen LogP) is 3.78. The second-order valence-electron chi connectivity index (χ2n) is 6.31. The molecule has 25 heavy (non-hydrogen) atoms. The van der Waals surface area contributed by atoms with Crippen LogP contribution >= 0.6 is 28.1 Å². The second-order valence-corrected chi connectivity index (χ2v) is 7.51. The van der Waals surface area contributed by atoms with Crippen LogP contribution in [0.2, 0.25) is 0 Å². The van der Waals surface area contributed by atoms with Crippen molar-refractivity contribution in [2.24, 2.45) is 0 Å². The third-order valence-electron chi connectivity index (χ3n) is 4.32. The second kappa shape index (κ2) is 8.29. The first kappa shape index (κ1) is 18.4. The topological polar surface area (TPSA) is 51.1 Å². The number of aryl methyl sites for hydroxylation is 1. The Bertz CT molecular complexity index is 756. The van der Waals surface area contributed by atoms with Crippen LogP contribution in [0.3, 0.4) is 0 Å². The number of nitrogens with zero attached hydrogens (tertiary/aromatic N) is 2. The van der Waals surface area contributed by atoms with Gasteiger partial charge in [-0.15, -0.1) is 0 Å². The number of anilines is 1. The lowest BCUT2D eigenvalue weighted by molar-refractivity contribution is 0.114. The van der Waals surface area contributed by atoms with Crippen LogP contribution in [0.5, 0.6) is 0 Å². The molecule has 0 aliphatic carbocycles. The molecule has 7 heteroatoms. The smallest absolute Gasteiger partial charge is 0.170 e. The fraction of sp³-hybridized carbons (Fsp3) is 0.444. The summed E-state index contributed by atoms with van der Waals surface area (Å²) in [5, 5.41) is 11.7. The van der Waals surface area contributed by atoms with E-state index in [1.54, 1.807) is 0 Å². The molecule has 0 saturated carbocycles. The number of ether oxygens (including phenoxy) is 1. The molecule has 2 aromatic rings. The molecule has 0 unspecified atom stereocenters. The van der Waals surface area contributed by atoms with Crippen molar-refractivity contribution in [2.75, 3.05) is 18.5 Å². The number of rotatable bonds is 5. The van der Waals surface area contributed by atoms with Gasteiger partial charge in [-0.1, -0.05) is 12.1 Å². The van der Waals surface area contributed by atoms with Crippen molar-refractivity contribution < 1.29 is 4.74 Å². The molecular weight excluding hydrogens is 400 g/mol. The summed E-state index contributed by atoms with van der Waals surface area (Å²) in [5.41, 5.74) is 4.28. The van der Waals surface area contributed by atoms with Crippen molar-refractivity contribution in [3.63, 3.8) is 0 Å². The number of thiocarbonyl (C=S) groups is 1. The SMILES string of the molecule is Cc1nn(Cc2cccc(NC(=S)NC[C@H]3CCCO3)c2)c(C)c1Br. The van der Waals surface area contributed by atoms with Gasteiger partial charge in [0.2, 0.25) is 0 Å². The molecule has 1 atom stereocenters. The zero-order valence-electron chi connectivity index (χ0n) is 14.5. The standard InChI is InChI=1S/C18H23BrN4OS/c1-12-17(19)13(2)23(22-12)11-14-5-3-6-15(9-14)21-18(25)20-10-16-7-4-8-24-16/h3,5-6,9,16H,4,7-8,10-11H2,1-2H3,(H2,20,21,25)/t16-/m1/s1. The first-order chi connectivity index (χ1) is 12.0. The molecule has 1 aromatic heterocycles. The van der Waals surface area contributed by atoms with Gasteiger partial charge in [-0.2, -0.15) is 5.10 Å². The third kappa shape index (κ3) is 4.80. The molecule has 134 valence electrons. The van der Waals surface area contributed by atoms with Gasteiger partial charge in [-0.25, -0.2) is 0 Å². The quantitative estimate of drug-likeness (QED) is 0.717. The molecule has 0 spiro atoms. The maximum absolute atomic E-state index is 5.60. The summed E-state index contributed by atoms with van der Waals surface area (Å²) in [7, 11) is 0. The molecule has 1 saturated heterocycles. The summed E-state index contributed by atoms with van der Waals surface area (Å²) in [5.74, 6) is 0. The van der Waals surface area contributed by atoms with Crippen molar-refractivity contribution in [2.45, 2.75) is 39.3 Å². The van der Waals surface area contributed by atoms with Crippen LogP contribution in [0.4, 0.5) is 5.69 Å². The molecule has 5 nitrogen and oxygen atoms in total. The van der Waals surface area contributed by atoms with Crippen molar-refractivity contribution in [1.29, 1.82) is 0 Å². The van der Waals surface area contributed by atoms with Gasteiger partial charge in [0.15, 0.2) is 5.11 Å². The van der Waals surface area contributed by atoms with Gasteiger partial charge in [0.25, 0.3) is 0 Å². The highest BCUT2D eigenvalue weighted by atomic mass is 79.9. The first-order valence-electron chi connectivity index (χ1n) is 8.48. The Kier molecular flexibility index (Phi) is 6.09. The largest absolute Gasteiger partial charge is 0.376 e. The van der Waals surface area contributed by atoms with Crippen molar-refractivity contribution in [3.8, 4) is 0 Å². The Morgan fingerprint density at radius 2 is 2.28 bits per heavy atom. The van der Waals surface area contributed by atoms with Gasteiger partial charge in [0, 0.05) is 18.8 Å². The average Bonchev–Trinajstić information content (AvgIpc) is 3.19.